The molecule has 2 rings (SSSR count). The number of aryl methyl sites for hydroxylation is 1. The molecule has 0 bridgehead atoms. The molecule has 0 aromatic heterocycles. The summed E-state index contributed by atoms with van der Waals surface area (Å²) in [6.07, 6.45) is 5.37. The van der Waals surface area contributed by atoms with Gasteiger partial charge in [-0.1, -0.05) is 24.3 Å². The van der Waals surface area contributed by atoms with Crippen LogP contribution in [0.25, 0.3) is 0 Å². The van der Waals surface area contributed by atoms with E-state index in [1.807, 2.05) is 45.0 Å². The van der Waals surface area contributed by atoms with Gasteiger partial charge in [-0.3, -0.25) is 4.90 Å². The van der Waals surface area contributed by atoms with Crippen LogP contribution in [0.2, 0.25) is 0 Å². The van der Waals surface area contributed by atoms with Crippen molar-refractivity contribution in [1.29, 1.82) is 0 Å². The lowest BCUT2D eigenvalue weighted by Crippen LogP contribution is -2.33. The topological polar surface area (TPSA) is 29.5 Å². The highest BCUT2D eigenvalue weighted by Crippen LogP contribution is 2.26. The molecule has 96 valence electrons. The van der Waals surface area contributed by atoms with Crippen LogP contribution in [0.3, 0.4) is 0 Å². The zero-order valence-electron chi connectivity index (χ0n) is 11.1. The first-order chi connectivity index (χ1) is 8.47. The molecule has 1 aromatic carbocycles. The summed E-state index contributed by atoms with van der Waals surface area (Å²) in [5.74, 6) is 0. The van der Waals surface area contributed by atoms with Crippen LogP contribution >= 0.6 is 0 Å². The quantitative estimate of drug-likeness (QED) is 0.694. The number of carbonyl (C=O) groups is 1. The first-order valence-corrected chi connectivity index (χ1v) is 6.24. The van der Waals surface area contributed by atoms with Crippen LogP contribution in [-0.4, -0.2) is 11.7 Å². The van der Waals surface area contributed by atoms with E-state index in [4.69, 9.17) is 4.74 Å². The molecule has 3 nitrogen and oxygen atoms in total. The molecule has 0 unspecified atom stereocenters. The monoisotopic (exact) mass is 245 g/mol. The molecule has 1 amide bonds. The highest BCUT2D eigenvalue weighted by atomic mass is 16.6. The Morgan fingerprint density at radius 2 is 2.00 bits per heavy atom. The van der Waals surface area contributed by atoms with E-state index in [0.717, 1.165) is 18.5 Å². The van der Waals surface area contributed by atoms with Crippen molar-refractivity contribution in [1.82, 2.24) is 0 Å². The zero-order chi connectivity index (χ0) is 13.2. The third-order valence-electron chi connectivity index (χ3n) is 2.68. The molecule has 0 saturated carbocycles. The third-order valence-corrected chi connectivity index (χ3v) is 2.68. The van der Waals surface area contributed by atoms with E-state index in [9.17, 15) is 4.79 Å². The van der Waals surface area contributed by atoms with Gasteiger partial charge >= 0.3 is 6.09 Å². The summed E-state index contributed by atoms with van der Waals surface area (Å²) >= 11 is 0. The predicted octanol–water partition coefficient (Wildman–Crippen LogP) is 3.89. The van der Waals surface area contributed by atoms with Crippen LogP contribution in [0.5, 0.6) is 0 Å². The Morgan fingerprint density at radius 1 is 1.28 bits per heavy atom. The number of rotatable bonds is 0. The first kappa shape index (κ1) is 12.7. The van der Waals surface area contributed by atoms with Gasteiger partial charge in [-0.15, -0.1) is 0 Å². The van der Waals surface area contributed by atoms with Crippen molar-refractivity contribution in [2.45, 2.75) is 39.2 Å². The summed E-state index contributed by atoms with van der Waals surface area (Å²) in [5, 5.41) is 0. The van der Waals surface area contributed by atoms with Crippen LogP contribution in [0.1, 0.15) is 32.8 Å². The van der Waals surface area contributed by atoms with Gasteiger partial charge in [0.15, 0.2) is 0 Å². The van der Waals surface area contributed by atoms with E-state index >= 15 is 0 Å². The number of carbonyl (C=O) groups excluding carboxylic acids is 1. The van der Waals surface area contributed by atoms with Crippen molar-refractivity contribution in [2.75, 3.05) is 4.90 Å². The number of hydrogen-bond donors (Lipinski definition) is 0. The van der Waals surface area contributed by atoms with Crippen molar-refractivity contribution in [3.8, 4) is 0 Å². The predicted molar refractivity (Wildman–Crippen MR) is 72.6 cm³/mol. The van der Waals surface area contributed by atoms with Crippen molar-refractivity contribution in [3.63, 3.8) is 0 Å². The maximum atomic E-state index is 12.2. The number of para-hydroxylation sites is 1. The van der Waals surface area contributed by atoms with Gasteiger partial charge in [0.05, 0.1) is 5.69 Å². The first-order valence-electron chi connectivity index (χ1n) is 6.24. The van der Waals surface area contributed by atoms with Gasteiger partial charge in [-0.05, 0) is 45.2 Å². The minimum atomic E-state index is -0.480. The molecule has 1 aliphatic heterocycles. The third kappa shape index (κ3) is 2.92. The average Bonchev–Trinajstić information content (AvgIpc) is 2.48. The van der Waals surface area contributed by atoms with Gasteiger partial charge in [0.25, 0.3) is 0 Å². The second-order valence-electron chi connectivity index (χ2n) is 5.40. The number of anilines is 1. The maximum absolute atomic E-state index is 12.2. The van der Waals surface area contributed by atoms with Crippen LogP contribution in [0, 0.1) is 0 Å². The summed E-state index contributed by atoms with van der Waals surface area (Å²) < 4.78 is 5.43. The van der Waals surface area contributed by atoms with Gasteiger partial charge in [0, 0.05) is 6.20 Å². The maximum Gasteiger partial charge on any atom is 0.418 e. The second kappa shape index (κ2) is 4.84. The summed E-state index contributed by atoms with van der Waals surface area (Å²) in [5.41, 5.74) is 1.61. The number of benzene rings is 1. The molecular formula is C15H19NO2. The molecule has 1 heterocycles. The minimum absolute atomic E-state index is 0.326. The number of ether oxygens (including phenoxy) is 1. The lowest BCUT2D eigenvalue weighted by molar-refractivity contribution is 0.0596. The van der Waals surface area contributed by atoms with E-state index in [2.05, 4.69) is 6.07 Å². The zero-order valence-corrected chi connectivity index (χ0v) is 11.1. The number of allylic oxidation sites excluding steroid dienone is 1. The molecule has 1 aliphatic rings. The van der Waals surface area contributed by atoms with Crippen LogP contribution < -0.4 is 4.90 Å². The molecule has 1 aromatic rings. The normalized spacial score (nSPS) is 14.9. The van der Waals surface area contributed by atoms with Crippen molar-refractivity contribution in [3.05, 3.63) is 42.1 Å². The molecule has 0 aliphatic carbocycles. The Labute approximate surface area is 108 Å². The Morgan fingerprint density at radius 3 is 2.72 bits per heavy atom. The highest BCUT2D eigenvalue weighted by molar-refractivity contribution is 5.91. The standard InChI is InChI=1S/C15H19NO2/c1-15(2,3)18-14(17)16-11-7-6-9-12-8-4-5-10-13(12)16/h4-5,7-8,10-11H,6,9H2,1-3H3. The van der Waals surface area contributed by atoms with Gasteiger partial charge in [-0.2, -0.15) is 0 Å². The molecule has 0 saturated heterocycles. The molecular weight excluding hydrogens is 226 g/mol. The Kier molecular flexibility index (Phi) is 3.41. The van der Waals surface area contributed by atoms with Gasteiger partial charge in [0.2, 0.25) is 0 Å². The Bertz CT molecular complexity index is 472. The van der Waals surface area contributed by atoms with Crippen molar-refractivity contribution in [2.24, 2.45) is 0 Å². The van der Waals surface area contributed by atoms with E-state index in [1.165, 1.54) is 5.56 Å². The average molecular weight is 245 g/mol. The van der Waals surface area contributed by atoms with Crippen LogP contribution in [-0.2, 0) is 11.2 Å². The summed E-state index contributed by atoms with van der Waals surface area (Å²) in [6, 6.07) is 7.95. The van der Waals surface area contributed by atoms with Crippen molar-refractivity contribution < 1.29 is 9.53 Å². The molecule has 0 radical (unpaired) electrons. The lowest BCUT2D eigenvalue weighted by Gasteiger charge is -2.25. The number of amides is 1. The van der Waals surface area contributed by atoms with Crippen LogP contribution in [0.15, 0.2) is 36.5 Å². The summed E-state index contributed by atoms with van der Waals surface area (Å²) in [7, 11) is 0. The number of fused-ring (bicyclic) bond motifs is 1. The fourth-order valence-electron chi connectivity index (χ4n) is 1.93. The summed E-state index contributed by atoms with van der Waals surface area (Å²) in [4.78, 5) is 13.8. The van der Waals surface area contributed by atoms with E-state index < -0.39 is 5.60 Å². The number of hydrogen-bond acceptors (Lipinski definition) is 2. The Balaban J connectivity index is 2.30. The molecule has 0 N–H and O–H groups in total. The highest BCUT2D eigenvalue weighted by Gasteiger charge is 2.24. The molecule has 0 spiro atoms. The molecule has 0 fully saturated rings. The fourth-order valence-corrected chi connectivity index (χ4v) is 1.93. The smallest absolute Gasteiger partial charge is 0.418 e. The SMILES string of the molecule is CC(C)(C)OC(=O)N1C=CCCc2ccccc21. The Hall–Kier alpha value is -1.77. The van der Waals surface area contributed by atoms with Gasteiger partial charge in [0.1, 0.15) is 5.60 Å². The second-order valence-corrected chi connectivity index (χ2v) is 5.40. The van der Waals surface area contributed by atoms with E-state index in [0.29, 0.717) is 0 Å². The molecule has 0 atom stereocenters. The molecule has 3 heteroatoms. The fraction of sp³-hybridized carbons (Fsp3) is 0.400. The van der Waals surface area contributed by atoms with Gasteiger partial charge < -0.3 is 4.74 Å². The minimum Gasteiger partial charge on any atom is -0.443 e. The number of nitrogens with zero attached hydrogens (tertiary/aromatic N) is 1. The van der Waals surface area contributed by atoms with E-state index in [1.54, 1.807) is 11.1 Å². The molecule has 18 heavy (non-hydrogen) atoms. The van der Waals surface area contributed by atoms with Gasteiger partial charge in [-0.25, -0.2) is 4.79 Å². The summed E-state index contributed by atoms with van der Waals surface area (Å²) in [6.45, 7) is 5.62. The van der Waals surface area contributed by atoms with Crippen LogP contribution in [0.4, 0.5) is 10.5 Å². The van der Waals surface area contributed by atoms with E-state index in [-0.39, 0.29) is 6.09 Å². The largest absolute Gasteiger partial charge is 0.443 e. The lowest BCUT2D eigenvalue weighted by atomic mass is 10.1. The van der Waals surface area contributed by atoms with Crippen molar-refractivity contribution >= 4 is 11.8 Å².